The van der Waals surface area contributed by atoms with Gasteiger partial charge in [0.05, 0.1) is 10.6 Å². The Balaban J connectivity index is 2.32. The van der Waals surface area contributed by atoms with E-state index in [1.807, 2.05) is 19.1 Å². The van der Waals surface area contributed by atoms with Crippen LogP contribution in [0.15, 0.2) is 24.3 Å². The van der Waals surface area contributed by atoms with E-state index in [0.29, 0.717) is 20.4 Å². The number of hydrogen-bond donors (Lipinski definition) is 2. The van der Waals surface area contributed by atoms with Crippen molar-refractivity contribution >= 4 is 45.0 Å². The lowest BCUT2D eigenvalue weighted by Gasteiger charge is -2.06. The van der Waals surface area contributed by atoms with Crippen molar-refractivity contribution in [3.05, 3.63) is 39.7 Å². The van der Waals surface area contributed by atoms with E-state index in [1.165, 1.54) is 11.3 Å². The number of thiophene rings is 1. The van der Waals surface area contributed by atoms with Crippen LogP contribution in [0.1, 0.15) is 15.2 Å². The second-order valence-corrected chi connectivity index (χ2v) is 6.11. The summed E-state index contributed by atoms with van der Waals surface area (Å²) in [4.78, 5) is 20.8. The average Bonchev–Trinajstić information content (AvgIpc) is 2.80. The van der Waals surface area contributed by atoms with Crippen LogP contribution >= 0.6 is 22.9 Å². The summed E-state index contributed by atoms with van der Waals surface area (Å²) in [5, 5.41) is 1.35. The molecule has 0 aliphatic rings. The number of primary amides is 1. The summed E-state index contributed by atoms with van der Waals surface area (Å²) in [6.07, 6.45) is 0. The normalized spacial score (nSPS) is 11.0. The number of fused-ring (bicyclic) bond motifs is 1. The molecule has 1 aromatic carbocycles. The standard InChI is InChI=1S/C14H11ClN4OS/c1-6-2-7(4-8(15)3-6)11-9-5-10(12(16)20)21-13(9)19-14(17)18-11/h2-5H,1H3,(H2,16,20)(H2,17,18,19). The molecule has 0 aliphatic carbocycles. The van der Waals surface area contributed by atoms with Crippen molar-refractivity contribution < 1.29 is 4.79 Å². The molecule has 3 aromatic rings. The van der Waals surface area contributed by atoms with Gasteiger partial charge in [0, 0.05) is 16.0 Å². The maximum absolute atomic E-state index is 11.3. The first-order chi connectivity index (χ1) is 9.94. The number of nitrogens with zero attached hydrogens (tertiary/aromatic N) is 2. The molecule has 4 N–H and O–H groups in total. The predicted octanol–water partition coefficient (Wildman–Crippen LogP) is 3.00. The van der Waals surface area contributed by atoms with E-state index >= 15 is 0 Å². The molecule has 2 aromatic heterocycles. The number of aryl methyl sites for hydroxylation is 1. The molecule has 0 atom stereocenters. The van der Waals surface area contributed by atoms with Crippen LogP contribution in [-0.4, -0.2) is 15.9 Å². The van der Waals surface area contributed by atoms with Gasteiger partial charge < -0.3 is 11.5 Å². The van der Waals surface area contributed by atoms with Crippen LogP contribution in [0.4, 0.5) is 5.95 Å². The molecule has 0 saturated heterocycles. The minimum absolute atomic E-state index is 0.146. The van der Waals surface area contributed by atoms with Gasteiger partial charge in [-0.2, -0.15) is 0 Å². The van der Waals surface area contributed by atoms with E-state index in [4.69, 9.17) is 23.1 Å². The Kier molecular flexibility index (Phi) is 3.27. The van der Waals surface area contributed by atoms with E-state index in [1.54, 1.807) is 12.1 Å². The molecule has 0 spiro atoms. The number of carbonyl (C=O) groups is 1. The molecule has 21 heavy (non-hydrogen) atoms. The van der Waals surface area contributed by atoms with Gasteiger partial charge in [-0.3, -0.25) is 4.79 Å². The van der Waals surface area contributed by atoms with Crippen LogP contribution < -0.4 is 11.5 Å². The van der Waals surface area contributed by atoms with E-state index in [2.05, 4.69) is 9.97 Å². The minimum atomic E-state index is -0.496. The van der Waals surface area contributed by atoms with Crippen LogP contribution in [0.2, 0.25) is 5.02 Å². The first-order valence-corrected chi connectivity index (χ1v) is 7.28. The number of nitrogen functional groups attached to an aromatic ring is 1. The molecule has 0 radical (unpaired) electrons. The van der Waals surface area contributed by atoms with Crippen molar-refractivity contribution in [2.45, 2.75) is 6.92 Å². The summed E-state index contributed by atoms with van der Waals surface area (Å²) in [6.45, 7) is 1.94. The summed E-state index contributed by atoms with van der Waals surface area (Å²) in [6, 6.07) is 7.30. The van der Waals surface area contributed by atoms with E-state index in [9.17, 15) is 4.79 Å². The number of aromatic nitrogens is 2. The highest BCUT2D eigenvalue weighted by Crippen LogP contribution is 2.33. The number of carbonyl (C=O) groups excluding carboxylic acids is 1. The lowest BCUT2D eigenvalue weighted by atomic mass is 10.1. The monoisotopic (exact) mass is 318 g/mol. The molecule has 2 heterocycles. The molecular weight excluding hydrogens is 308 g/mol. The van der Waals surface area contributed by atoms with Crippen molar-refractivity contribution in [1.82, 2.24) is 9.97 Å². The Morgan fingerprint density at radius 1 is 1.24 bits per heavy atom. The van der Waals surface area contributed by atoms with Crippen LogP contribution in [0.25, 0.3) is 21.5 Å². The molecule has 3 rings (SSSR count). The van der Waals surface area contributed by atoms with Crippen LogP contribution in [0.5, 0.6) is 0 Å². The molecule has 0 fully saturated rings. The van der Waals surface area contributed by atoms with Crippen LogP contribution in [0, 0.1) is 6.92 Å². The number of hydrogen-bond acceptors (Lipinski definition) is 5. The van der Waals surface area contributed by atoms with Gasteiger partial charge in [-0.05, 0) is 36.8 Å². The Morgan fingerprint density at radius 2 is 2.00 bits per heavy atom. The number of anilines is 1. The largest absolute Gasteiger partial charge is 0.368 e. The fourth-order valence-corrected chi connectivity index (χ4v) is 3.33. The minimum Gasteiger partial charge on any atom is -0.368 e. The van der Waals surface area contributed by atoms with Crippen molar-refractivity contribution in [3.8, 4) is 11.3 Å². The van der Waals surface area contributed by atoms with Crippen molar-refractivity contribution in [1.29, 1.82) is 0 Å². The molecule has 0 bridgehead atoms. The molecule has 106 valence electrons. The summed E-state index contributed by atoms with van der Waals surface area (Å²) in [5.41, 5.74) is 13.6. The third-order valence-electron chi connectivity index (χ3n) is 2.97. The molecule has 7 heteroatoms. The summed E-state index contributed by atoms with van der Waals surface area (Å²) >= 11 is 7.30. The Bertz CT molecular complexity index is 855. The molecule has 5 nitrogen and oxygen atoms in total. The highest BCUT2D eigenvalue weighted by molar-refractivity contribution is 7.20. The number of halogens is 1. The van der Waals surface area contributed by atoms with Gasteiger partial charge in [0.25, 0.3) is 5.91 Å². The number of nitrogens with two attached hydrogens (primary N) is 2. The first kappa shape index (κ1) is 13.8. The van der Waals surface area contributed by atoms with E-state index < -0.39 is 5.91 Å². The summed E-state index contributed by atoms with van der Waals surface area (Å²) in [5.74, 6) is -0.349. The fourth-order valence-electron chi connectivity index (χ4n) is 2.15. The smallest absolute Gasteiger partial charge is 0.258 e. The second-order valence-electron chi connectivity index (χ2n) is 4.64. The van der Waals surface area contributed by atoms with Gasteiger partial charge in [0.2, 0.25) is 5.95 Å². The Labute approximate surface area is 129 Å². The molecule has 0 saturated carbocycles. The zero-order valence-electron chi connectivity index (χ0n) is 11.1. The van der Waals surface area contributed by atoms with Gasteiger partial charge in [-0.1, -0.05) is 11.6 Å². The van der Waals surface area contributed by atoms with Gasteiger partial charge in [0.15, 0.2) is 0 Å². The molecular formula is C14H11ClN4OS. The summed E-state index contributed by atoms with van der Waals surface area (Å²) < 4.78 is 0. The third kappa shape index (κ3) is 2.55. The van der Waals surface area contributed by atoms with Gasteiger partial charge in [-0.15, -0.1) is 11.3 Å². The predicted molar refractivity (Wildman–Crippen MR) is 85.5 cm³/mol. The lowest BCUT2D eigenvalue weighted by Crippen LogP contribution is -2.08. The van der Waals surface area contributed by atoms with E-state index in [-0.39, 0.29) is 5.95 Å². The number of benzene rings is 1. The highest BCUT2D eigenvalue weighted by Gasteiger charge is 2.15. The maximum atomic E-state index is 11.3. The average molecular weight is 319 g/mol. The fraction of sp³-hybridized carbons (Fsp3) is 0.0714. The van der Waals surface area contributed by atoms with E-state index in [0.717, 1.165) is 16.5 Å². The number of rotatable bonds is 2. The summed E-state index contributed by atoms with van der Waals surface area (Å²) in [7, 11) is 0. The van der Waals surface area contributed by atoms with Crippen LogP contribution in [0.3, 0.4) is 0 Å². The topological polar surface area (TPSA) is 94.9 Å². The Hall–Kier alpha value is -2.18. The van der Waals surface area contributed by atoms with Crippen molar-refractivity contribution in [3.63, 3.8) is 0 Å². The zero-order valence-corrected chi connectivity index (χ0v) is 12.6. The third-order valence-corrected chi connectivity index (χ3v) is 4.23. The first-order valence-electron chi connectivity index (χ1n) is 6.08. The number of amides is 1. The van der Waals surface area contributed by atoms with Crippen molar-refractivity contribution in [2.75, 3.05) is 5.73 Å². The highest BCUT2D eigenvalue weighted by atomic mass is 35.5. The van der Waals surface area contributed by atoms with Gasteiger partial charge in [0.1, 0.15) is 4.83 Å². The van der Waals surface area contributed by atoms with Gasteiger partial charge >= 0.3 is 0 Å². The lowest BCUT2D eigenvalue weighted by molar-refractivity contribution is 0.100. The van der Waals surface area contributed by atoms with Crippen LogP contribution in [-0.2, 0) is 0 Å². The molecule has 0 aliphatic heterocycles. The molecule has 1 amide bonds. The second kappa shape index (κ2) is 4.98. The van der Waals surface area contributed by atoms with Crippen molar-refractivity contribution in [2.24, 2.45) is 5.73 Å². The maximum Gasteiger partial charge on any atom is 0.258 e. The Morgan fingerprint density at radius 3 is 2.67 bits per heavy atom. The zero-order chi connectivity index (χ0) is 15.1. The van der Waals surface area contributed by atoms with Gasteiger partial charge in [-0.25, -0.2) is 9.97 Å². The quantitative estimate of drug-likeness (QED) is 0.759. The SMILES string of the molecule is Cc1cc(Cl)cc(-c2nc(N)nc3sc(C(N)=O)cc23)c1. The molecule has 0 unspecified atom stereocenters.